The van der Waals surface area contributed by atoms with Gasteiger partial charge in [-0.2, -0.15) is 0 Å². The van der Waals surface area contributed by atoms with Gasteiger partial charge in [-0.25, -0.2) is 0 Å². The van der Waals surface area contributed by atoms with Gasteiger partial charge in [-0.3, -0.25) is 4.79 Å². The first kappa shape index (κ1) is 12.4. The monoisotopic (exact) mass is 249 g/mol. The number of H-pyrrole nitrogens is 1. The molecule has 0 amide bonds. The van der Waals surface area contributed by atoms with Gasteiger partial charge in [0.25, 0.3) is 5.56 Å². The van der Waals surface area contributed by atoms with Crippen molar-refractivity contribution in [2.75, 3.05) is 20.8 Å². The van der Waals surface area contributed by atoms with Crippen molar-refractivity contribution < 1.29 is 14.6 Å². The van der Waals surface area contributed by atoms with Crippen LogP contribution in [0.25, 0.3) is 10.9 Å². The molecular weight excluding hydrogens is 234 g/mol. The van der Waals surface area contributed by atoms with Crippen molar-refractivity contribution in [3.63, 3.8) is 0 Å². The standard InChI is InChI=1S/C13H15NO4/c1-17-10-3-4-11(18-2)12-9(10)7-8(5-6-15)13(16)14-12/h3-4,7,15H,5-6H2,1-2H3,(H,14,16). The normalized spacial score (nSPS) is 10.6. The quantitative estimate of drug-likeness (QED) is 0.850. The lowest BCUT2D eigenvalue weighted by Gasteiger charge is -2.10. The summed E-state index contributed by atoms with van der Waals surface area (Å²) in [6.45, 7) is -0.0686. The first-order chi connectivity index (χ1) is 8.71. The molecule has 2 rings (SSSR count). The Morgan fingerprint density at radius 1 is 1.22 bits per heavy atom. The van der Waals surface area contributed by atoms with E-state index < -0.39 is 0 Å². The summed E-state index contributed by atoms with van der Waals surface area (Å²) in [5.41, 5.74) is 0.906. The van der Waals surface area contributed by atoms with Crippen LogP contribution in [-0.4, -0.2) is 30.9 Å². The number of aromatic nitrogens is 1. The van der Waals surface area contributed by atoms with E-state index in [-0.39, 0.29) is 12.2 Å². The highest BCUT2D eigenvalue weighted by Gasteiger charge is 2.10. The number of ether oxygens (including phenoxy) is 2. The molecule has 0 aliphatic rings. The maximum absolute atomic E-state index is 11.8. The molecule has 0 aliphatic carbocycles. The van der Waals surface area contributed by atoms with E-state index in [1.54, 1.807) is 32.4 Å². The average molecular weight is 249 g/mol. The Kier molecular flexibility index (Phi) is 3.53. The van der Waals surface area contributed by atoms with Gasteiger partial charge in [0.2, 0.25) is 0 Å². The molecule has 1 aromatic heterocycles. The zero-order valence-electron chi connectivity index (χ0n) is 10.3. The molecule has 0 spiro atoms. The van der Waals surface area contributed by atoms with Gasteiger partial charge in [0.15, 0.2) is 0 Å². The highest BCUT2D eigenvalue weighted by atomic mass is 16.5. The van der Waals surface area contributed by atoms with Crippen LogP contribution in [-0.2, 0) is 6.42 Å². The second-order valence-corrected chi connectivity index (χ2v) is 3.86. The van der Waals surface area contributed by atoms with Crippen LogP contribution in [0.2, 0.25) is 0 Å². The maximum atomic E-state index is 11.8. The van der Waals surface area contributed by atoms with Gasteiger partial charge < -0.3 is 19.6 Å². The van der Waals surface area contributed by atoms with E-state index in [1.807, 2.05) is 0 Å². The third-order valence-corrected chi connectivity index (χ3v) is 2.84. The number of pyridine rings is 1. The van der Waals surface area contributed by atoms with E-state index in [0.29, 0.717) is 29.0 Å². The summed E-state index contributed by atoms with van der Waals surface area (Å²) in [4.78, 5) is 14.6. The van der Waals surface area contributed by atoms with Crippen molar-refractivity contribution in [2.45, 2.75) is 6.42 Å². The van der Waals surface area contributed by atoms with Crippen molar-refractivity contribution in [3.8, 4) is 11.5 Å². The number of methoxy groups -OCH3 is 2. The van der Waals surface area contributed by atoms with Crippen molar-refractivity contribution in [1.29, 1.82) is 0 Å². The predicted molar refractivity (Wildman–Crippen MR) is 68.5 cm³/mol. The second-order valence-electron chi connectivity index (χ2n) is 3.86. The van der Waals surface area contributed by atoms with E-state index in [2.05, 4.69) is 4.98 Å². The van der Waals surface area contributed by atoms with E-state index in [0.717, 1.165) is 5.39 Å². The van der Waals surface area contributed by atoms with Crippen LogP contribution >= 0.6 is 0 Å². The number of rotatable bonds is 4. The van der Waals surface area contributed by atoms with Crippen molar-refractivity contribution in [3.05, 3.63) is 34.1 Å². The number of benzene rings is 1. The minimum Gasteiger partial charge on any atom is -0.496 e. The Hall–Kier alpha value is -2.01. The van der Waals surface area contributed by atoms with E-state index in [4.69, 9.17) is 14.6 Å². The van der Waals surface area contributed by atoms with Gasteiger partial charge in [0, 0.05) is 24.0 Å². The number of aromatic amines is 1. The molecule has 18 heavy (non-hydrogen) atoms. The Morgan fingerprint density at radius 3 is 2.50 bits per heavy atom. The largest absolute Gasteiger partial charge is 0.496 e. The molecule has 2 aromatic rings. The third kappa shape index (κ3) is 2.04. The molecule has 5 nitrogen and oxygen atoms in total. The van der Waals surface area contributed by atoms with Crippen molar-refractivity contribution >= 4 is 10.9 Å². The van der Waals surface area contributed by atoms with E-state index in [1.165, 1.54) is 0 Å². The van der Waals surface area contributed by atoms with Crippen LogP contribution in [0.15, 0.2) is 23.0 Å². The minimum absolute atomic E-state index is 0.0686. The highest BCUT2D eigenvalue weighted by molar-refractivity contribution is 5.90. The summed E-state index contributed by atoms with van der Waals surface area (Å²) in [6, 6.07) is 5.25. The molecule has 1 aromatic carbocycles. The van der Waals surface area contributed by atoms with Gasteiger partial charge in [-0.1, -0.05) is 0 Å². The fourth-order valence-electron chi connectivity index (χ4n) is 1.94. The maximum Gasteiger partial charge on any atom is 0.251 e. The fourth-order valence-corrected chi connectivity index (χ4v) is 1.94. The summed E-state index contributed by atoms with van der Waals surface area (Å²) in [5.74, 6) is 1.24. The highest BCUT2D eigenvalue weighted by Crippen LogP contribution is 2.31. The Balaban J connectivity index is 2.77. The van der Waals surface area contributed by atoms with Crippen LogP contribution in [0.4, 0.5) is 0 Å². The zero-order chi connectivity index (χ0) is 13.1. The van der Waals surface area contributed by atoms with Gasteiger partial charge in [-0.15, -0.1) is 0 Å². The number of nitrogens with one attached hydrogen (secondary N) is 1. The van der Waals surface area contributed by atoms with Crippen LogP contribution < -0.4 is 15.0 Å². The summed E-state index contributed by atoms with van der Waals surface area (Å²) in [6.07, 6.45) is 0.311. The Morgan fingerprint density at radius 2 is 1.89 bits per heavy atom. The molecular formula is C13H15NO4. The molecule has 0 radical (unpaired) electrons. The van der Waals surface area contributed by atoms with Crippen LogP contribution in [0.5, 0.6) is 11.5 Å². The topological polar surface area (TPSA) is 71.5 Å². The van der Waals surface area contributed by atoms with E-state index in [9.17, 15) is 4.79 Å². The zero-order valence-corrected chi connectivity index (χ0v) is 10.3. The number of fused-ring (bicyclic) bond motifs is 1. The molecule has 5 heteroatoms. The predicted octanol–water partition coefficient (Wildman–Crippen LogP) is 1.08. The summed E-state index contributed by atoms with van der Waals surface area (Å²) >= 11 is 0. The summed E-state index contributed by atoms with van der Waals surface area (Å²) in [7, 11) is 3.11. The number of hydrogen-bond acceptors (Lipinski definition) is 4. The molecule has 0 bridgehead atoms. The molecule has 0 saturated heterocycles. The van der Waals surface area contributed by atoms with E-state index >= 15 is 0 Å². The van der Waals surface area contributed by atoms with Crippen LogP contribution in [0.1, 0.15) is 5.56 Å². The number of aliphatic hydroxyl groups is 1. The smallest absolute Gasteiger partial charge is 0.251 e. The number of hydrogen-bond donors (Lipinski definition) is 2. The SMILES string of the molecule is COc1ccc(OC)c2[nH]c(=O)c(CCO)cc12. The lowest BCUT2D eigenvalue weighted by Crippen LogP contribution is -2.14. The molecule has 0 saturated carbocycles. The van der Waals surface area contributed by atoms with Crippen molar-refractivity contribution in [1.82, 2.24) is 4.98 Å². The molecule has 1 heterocycles. The van der Waals surface area contributed by atoms with Gasteiger partial charge in [0.05, 0.1) is 19.7 Å². The molecule has 0 aliphatic heterocycles. The first-order valence-corrected chi connectivity index (χ1v) is 5.59. The Bertz CT molecular complexity index is 618. The van der Waals surface area contributed by atoms with Gasteiger partial charge >= 0.3 is 0 Å². The fraction of sp³-hybridized carbons (Fsp3) is 0.308. The molecule has 0 unspecified atom stereocenters. The summed E-state index contributed by atoms with van der Waals surface area (Å²) < 4.78 is 10.5. The average Bonchev–Trinajstić information content (AvgIpc) is 2.39. The number of aliphatic hydroxyl groups excluding tert-OH is 1. The first-order valence-electron chi connectivity index (χ1n) is 5.59. The summed E-state index contributed by atoms with van der Waals surface area (Å²) in [5, 5.41) is 9.70. The lowest BCUT2D eigenvalue weighted by molar-refractivity contribution is 0.299. The second kappa shape index (κ2) is 5.10. The van der Waals surface area contributed by atoms with Crippen LogP contribution in [0, 0.1) is 0 Å². The third-order valence-electron chi connectivity index (χ3n) is 2.84. The molecule has 0 atom stereocenters. The van der Waals surface area contributed by atoms with Gasteiger partial charge in [0.1, 0.15) is 11.5 Å². The Labute approximate surface area is 104 Å². The lowest BCUT2D eigenvalue weighted by atomic mass is 10.1. The molecule has 2 N–H and O–H groups in total. The van der Waals surface area contributed by atoms with Gasteiger partial charge in [-0.05, 0) is 18.2 Å². The van der Waals surface area contributed by atoms with Crippen molar-refractivity contribution in [2.24, 2.45) is 0 Å². The minimum atomic E-state index is -0.219. The molecule has 96 valence electrons. The van der Waals surface area contributed by atoms with Crippen LogP contribution in [0.3, 0.4) is 0 Å². The molecule has 0 fully saturated rings.